The number of carbonyl (C=O) groups excluding carboxylic acids is 1. The van der Waals surface area contributed by atoms with Gasteiger partial charge in [-0.1, -0.05) is 12.1 Å². The van der Waals surface area contributed by atoms with E-state index in [1.54, 1.807) is 30.0 Å². The van der Waals surface area contributed by atoms with E-state index in [1.165, 1.54) is 0 Å². The molecule has 2 aliphatic heterocycles. The molecule has 2 aliphatic rings. The van der Waals surface area contributed by atoms with E-state index >= 15 is 0 Å². The van der Waals surface area contributed by atoms with Crippen molar-refractivity contribution in [2.75, 3.05) is 26.2 Å². The van der Waals surface area contributed by atoms with Crippen molar-refractivity contribution in [3.63, 3.8) is 0 Å². The van der Waals surface area contributed by atoms with E-state index in [4.69, 9.17) is 0 Å². The smallest absolute Gasteiger partial charge is 0.285 e. The average molecular weight is 303 g/mol. The van der Waals surface area contributed by atoms with Gasteiger partial charge in [-0.15, -0.1) is 0 Å². The number of hydrogen-bond acceptors (Lipinski definition) is 4. The van der Waals surface area contributed by atoms with Gasteiger partial charge in [-0.05, 0) is 50.8 Å². The highest BCUT2D eigenvalue weighted by atomic mass is 16.6. The SMILES string of the molecule is Cc1cccc(C(=O)N2CCC3(CCNCC3)C2)c1[N+](=O)[O-]. The lowest BCUT2D eigenvalue weighted by molar-refractivity contribution is -0.385. The molecular weight excluding hydrogens is 282 g/mol. The Morgan fingerprint density at radius 1 is 1.32 bits per heavy atom. The van der Waals surface area contributed by atoms with Crippen LogP contribution in [0.4, 0.5) is 5.69 Å². The monoisotopic (exact) mass is 303 g/mol. The highest BCUT2D eigenvalue weighted by Crippen LogP contribution is 2.39. The van der Waals surface area contributed by atoms with Crippen LogP contribution in [0.15, 0.2) is 18.2 Å². The molecule has 1 aromatic rings. The molecule has 118 valence electrons. The number of hydrogen-bond donors (Lipinski definition) is 1. The van der Waals surface area contributed by atoms with Crippen LogP contribution in [-0.2, 0) is 0 Å². The fraction of sp³-hybridized carbons (Fsp3) is 0.562. The van der Waals surface area contributed by atoms with Crippen LogP contribution in [0.25, 0.3) is 0 Å². The maximum atomic E-state index is 12.8. The van der Waals surface area contributed by atoms with Gasteiger partial charge in [0.05, 0.1) is 4.92 Å². The van der Waals surface area contributed by atoms with E-state index in [0.29, 0.717) is 12.1 Å². The van der Waals surface area contributed by atoms with E-state index < -0.39 is 4.92 Å². The summed E-state index contributed by atoms with van der Waals surface area (Å²) in [4.78, 5) is 25.4. The molecule has 0 radical (unpaired) electrons. The lowest BCUT2D eigenvalue weighted by Crippen LogP contribution is -2.39. The van der Waals surface area contributed by atoms with Crippen molar-refractivity contribution in [3.05, 3.63) is 39.4 Å². The number of piperidine rings is 1. The van der Waals surface area contributed by atoms with Gasteiger partial charge in [-0.3, -0.25) is 14.9 Å². The molecule has 0 saturated carbocycles. The van der Waals surface area contributed by atoms with Crippen LogP contribution < -0.4 is 5.32 Å². The van der Waals surface area contributed by atoms with Crippen molar-refractivity contribution in [1.82, 2.24) is 10.2 Å². The van der Waals surface area contributed by atoms with E-state index in [9.17, 15) is 14.9 Å². The minimum absolute atomic E-state index is 0.0567. The maximum absolute atomic E-state index is 12.8. The summed E-state index contributed by atoms with van der Waals surface area (Å²) in [5.41, 5.74) is 0.904. The van der Waals surface area contributed by atoms with Crippen LogP contribution in [0.5, 0.6) is 0 Å². The molecule has 6 nitrogen and oxygen atoms in total. The number of aryl methyl sites for hydroxylation is 1. The first-order valence-electron chi connectivity index (χ1n) is 7.76. The van der Waals surface area contributed by atoms with Crippen molar-refractivity contribution < 1.29 is 9.72 Å². The molecule has 0 bridgehead atoms. The molecule has 1 amide bonds. The number of nitrogens with zero attached hydrogens (tertiary/aromatic N) is 2. The molecule has 1 N–H and O–H groups in total. The Hall–Kier alpha value is -1.95. The Kier molecular flexibility index (Phi) is 3.87. The Labute approximate surface area is 129 Å². The number of carbonyl (C=O) groups is 1. The van der Waals surface area contributed by atoms with Crippen LogP contribution in [-0.4, -0.2) is 41.9 Å². The molecule has 0 unspecified atom stereocenters. The standard InChI is InChI=1S/C16H21N3O3/c1-12-3-2-4-13(14(12)19(21)22)15(20)18-10-7-16(11-18)5-8-17-9-6-16/h2-4,17H,5-11H2,1H3. The number of benzene rings is 1. The van der Waals surface area contributed by atoms with Gasteiger partial charge in [0, 0.05) is 18.7 Å². The first-order chi connectivity index (χ1) is 10.5. The first kappa shape index (κ1) is 15.0. The predicted octanol–water partition coefficient (Wildman–Crippen LogP) is 2.12. The van der Waals surface area contributed by atoms with Gasteiger partial charge >= 0.3 is 0 Å². The zero-order valence-electron chi connectivity index (χ0n) is 12.8. The Morgan fingerprint density at radius 2 is 2.05 bits per heavy atom. The fourth-order valence-electron chi connectivity index (χ4n) is 3.72. The number of nitrogens with one attached hydrogen (secondary N) is 1. The van der Waals surface area contributed by atoms with Crippen molar-refractivity contribution in [2.45, 2.75) is 26.2 Å². The zero-order valence-corrected chi connectivity index (χ0v) is 12.8. The third-order valence-electron chi connectivity index (χ3n) is 5.04. The number of para-hydroxylation sites is 1. The third-order valence-corrected chi connectivity index (χ3v) is 5.04. The molecule has 0 atom stereocenters. The second kappa shape index (κ2) is 5.68. The zero-order chi connectivity index (χ0) is 15.7. The van der Waals surface area contributed by atoms with Gasteiger partial charge in [0.2, 0.25) is 0 Å². The number of likely N-dealkylation sites (tertiary alicyclic amines) is 1. The summed E-state index contributed by atoms with van der Waals surface area (Å²) < 4.78 is 0. The highest BCUT2D eigenvalue weighted by molar-refractivity contribution is 5.98. The molecule has 3 rings (SSSR count). The summed E-state index contributed by atoms with van der Waals surface area (Å²) in [6.45, 7) is 5.08. The Bertz CT molecular complexity index is 609. The Morgan fingerprint density at radius 3 is 2.73 bits per heavy atom. The quantitative estimate of drug-likeness (QED) is 0.671. The summed E-state index contributed by atoms with van der Waals surface area (Å²) in [5, 5.41) is 14.6. The second-order valence-electron chi connectivity index (χ2n) is 6.45. The van der Waals surface area contributed by atoms with Crippen molar-refractivity contribution >= 4 is 11.6 Å². The molecule has 1 spiro atoms. The topological polar surface area (TPSA) is 75.5 Å². The number of nitro benzene ring substituents is 1. The number of rotatable bonds is 2. The summed E-state index contributed by atoms with van der Waals surface area (Å²) in [6.07, 6.45) is 3.15. The molecule has 2 heterocycles. The number of nitro groups is 1. The van der Waals surface area contributed by atoms with Gasteiger partial charge in [-0.2, -0.15) is 0 Å². The van der Waals surface area contributed by atoms with Gasteiger partial charge < -0.3 is 10.2 Å². The lowest BCUT2D eigenvalue weighted by Gasteiger charge is -2.33. The number of amides is 1. The molecule has 2 saturated heterocycles. The van der Waals surface area contributed by atoms with E-state index in [1.807, 2.05) is 0 Å². The first-order valence-corrected chi connectivity index (χ1v) is 7.76. The van der Waals surface area contributed by atoms with Gasteiger partial charge in [0.1, 0.15) is 5.56 Å². The average Bonchev–Trinajstić information content (AvgIpc) is 2.90. The second-order valence-corrected chi connectivity index (χ2v) is 6.45. The van der Waals surface area contributed by atoms with Gasteiger partial charge in [0.15, 0.2) is 0 Å². The normalized spacial score (nSPS) is 20.3. The van der Waals surface area contributed by atoms with E-state index in [0.717, 1.165) is 38.9 Å². The molecular formula is C16H21N3O3. The minimum atomic E-state index is -0.446. The van der Waals surface area contributed by atoms with E-state index in [-0.39, 0.29) is 22.6 Å². The molecule has 0 aromatic heterocycles. The Balaban J connectivity index is 1.84. The van der Waals surface area contributed by atoms with E-state index in [2.05, 4.69) is 5.32 Å². The van der Waals surface area contributed by atoms with Crippen LogP contribution in [0.2, 0.25) is 0 Å². The fourth-order valence-corrected chi connectivity index (χ4v) is 3.72. The molecule has 6 heteroatoms. The summed E-state index contributed by atoms with van der Waals surface area (Å²) in [7, 11) is 0. The van der Waals surface area contributed by atoms with Crippen LogP contribution in [0.3, 0.4) is 0 Å². The van der Waals surface area contributed by atoms with Gasteiger partial charge in [0.25, 0.3) is 11.6 Å². The van der Waals surface area contributed by atoms with Gasteiger partial charge in [-0.25, -0.2) is 0 Å². The molecule has 22 heavy (non-hydrogen) atoms. The minimum Gasteiger partial charge on any atom is -0.338 e. The molecule has 1 aromatic carbocycles. The lowest BCUT2D eigenvalue weighted by atomic mass is 9.78. The summed E-state index contributed by atoms with van der Waals surface area (Å²) in [5.74, 6) is -0.203. The van der Waals surface area contributed by atoms with Crippen molar-refractivity contribution in [2.24, 2.45) is 5.41 Å². The van der Waals surface area contributed by atoms with Crippen molar-refractivity contribution in [3.8, 4) is 0 Å². The molecule has 2 fully saturated rings. The predicted molar refractivity (Wildman–Crippen MR) is 82.9 cm³/mol. The maximum Gasteiger partial charge on any atom is 0.285 e. The van der Waals surface area contributed by atoms with Crippen molar-refractivity contribution in [1.29, 1.82) is 0 Å². The van der Waals surface area contributed by atoms with Crippen LogP contribution >= 0.6 is 0 Å². The van der Waals surface area contributed by atoms with Crippen LogP contribution in [0.1, 0.15) is 35.2 Å². The highest BCUT2D eigenvalue weighted by Gasteiger charge is 2.41. The third kappa shape index (κ3) is 2.59. The molecule has 0 aliphatic carbocycles. The summed E-state index contributed by atoms with van der Waals surface area (Å²) >= 11 is 0. The largest absolute Gasteiger partial charge is 0.338 e. The summed E-state index contributed by atoms with van der Waals surface area (Å²) in [6, 6.07) is 4.96. The van der Waals surface area contributed by atoms with Crippen LogP contribution in [0, 0.1) is 22.5 Å².